The van der Waals surface area contributed by atoms with Crippen molar-refractivity contribution in [3.63, 3.8) is 0 Å². The molecule has 0 heterocycles. The minimum Gasteiger partial charge on any atom is -0.478 e. The summed E-state index contributed by atoms with van der Waals surface area (Å²) in [6, 6.07) is 5.99. The molecule has 0 radical (unpaired) electrons. The van der Waals surface area contributed by atoms with Gasteiger partial charge < -0.3 is 10.0 Å². The second kappa shape index (κ2) is 7.34. The van der Waals surface area contributed by atoms with Gasteiger partial charge in [0, 0.05) is 29.3 Å². The maximum absolute atomic E-state index is 10.5. The van der Waals surface area contributed by atoms with Crippen LogP contribution in [0.4, 0.5) is 5.69 Å². The molecule has 1 aromatic carbocycles. The highest BCUT2D eigenvalue weighted by molar-refractivity contribution is 9.10. The fourth-order valence-electron chi connectivity index (χ4n) is 1.87. The third-order valence-electron chi connectivity index (χ3n) is 2.72. The van der Waals surface area contributed by atoms with Crippen LogP contribution in [0.25, 0.3) is 6.08 Å². The molecule has 0 saturated carbocycles. The number of aliphatic carboxylic acids is 1. The lowest BCUT2D eigenvalue weighted by Crippen LogP contribution is -2.27. The van der Waals surface area contributed by atoms with Crippen molar-refractivity contribution in [3.05, 3.63) is 34.3 Å². The van der Waals surface area contributed by atoms with E-state index in [4.69, 9.17) is 5.11 Å². The molecule has 0 fully saturated rings. The van der Waals surface area contributed by atoms with E-state index in [-0.39, 0.29) is 0 Å². The van der Waals surface area contributed by atoms with Crippen LogP contribution in [0.3, 0.4) is 0 Å². The van der Waals surface area contributed by atoms with Crippen molar-refractivity contribution in [1.82, 2.24) is 0 Å². The van der Waals surface area contributed by atoms with Crippen LogP contribution in [0.1, 0.15) is 26.3 Å². The SMILES string of the molecule is CCN(CC(C)C)c1ccc(/C=C/C(=O)O)c(Br)c1. The van der Waals surface area contributed by atoms with E-state index < -0.39 is 5.97 Å². The first-order valence-electron chi connectivity index (χ1n) is 6.39. The van der Waals surface area contributed by atoms with E-state index in [2.05, 4.69) is 41.6 Å². The summed E-state index contributed by atoms with van der Waals surface area (Å²) >= 11 is 3.49. The molecule has 0 aliphatic carbocycles. The topological polar surface area (TPSA) is 40.5 Å². The monoisotopic (exact) mass is 325 g/mol. The maximum atomic E-state index is 10.5. The van der Waals surface area contributed by atoms with Gasteiger partial charge in [0.2, 0.25) is 0 Å². The Labute approximate surface area is 123 Å². The Morgan fingerprint density at radius 1 is 1.47 bits per heavy atom. The number of benzene rings is 1. The molecule has 19 heavy (non-hydrogen) atoms. The molecule has 0 bridgehead atoms. The highest BCUT2D eigenvalue weighted by atomic mass is 79.9. The van der Waals surface area contributed by atoms with E-state index in [1.165, 1.54) is 0 Å². The fourth-order valence-corrected chi connectivity index (χ4v) is 2.37. The van der Waals surface area contributed by atoms with E-state index in [0.29, 0.717) is 5.92 Å². The second-order valence-electron chi connectivity index (χ2n) is 4.81. The number of nitrogens with zero attached hydrogens (tertiary/aromatic N) is 1. The Hall–Kier alpha value is -1.29. The Bertz CT molecular complexity index is 469. The van der Waals surface area contributed by atoms with Gasteiger partial charge in [-0.25, -0.2) is 4.79 Å². The third-order valence-corrected chi connectivity index (χ3v) is 3.41. The summed E-state index contributed by atoms with van der Waals surface area (Å²) in [7, 11) is 0. The number of hydrogen-bond donors (Lipinski definition) is 1. The molecule has 0 aromatic heterocycles. The summed E-state index contributed by atoms with van der Waals surface area (Å²) in [5.41, 5.74) is 2.02. The Morgan fingerprint density at radius 2 is 2.16 bits per heavy atom. The van der Waals surface area contributed by atoms with E-state index in [1.54, 1.807) is 6.08 Å². The maximum Gasteiger partial charge on any atom is 0.328 e. The number of carboxylic acid groups (broad SMARTS) is 1. The molecule has 3 nitrogen and oxygen atoms in total. The van der Waals surface area contributed by atoms with Gasteiger partial charge in [0.15, 0.2) is 0 Å². The number of carbonyl (C=O) groups is 1. The first-order chi connectivity index (χ1) is 8.93. The molecule has 1 N–H and O–H groups in total. The van der Waals surface area contributed by atoms with Gasteiger partial charge in [-0.05, 0) is 36.6 Å². The summed E-state index contributed by atoms with van der Waals surface area (Å²) < 4.78 is 0.907. The van der Waals surface area contributed by atoms with Gasteiger partial charge >= 0.3 is 5.97 Å². The van der Waals surface area contributed by atoms with Crippen molar-refractivity contribution in [2.75, 3.05) is 18.0 Å². The fraction of sp³-hybridized carbons (Fsp3) is 0.400. The zero-order valence-electron chi connectivity index (χ0n) is 11.6. The summed E-state index contributed by atoms with van der Waals surface area (Å²) in [5, 5.41) is 8.64. The summed E-state index contributed by atoms with van der Waals surface area (Å²) in [5.74, 6) is -0.337. The lowest BCUT2D eigenvalue weighted by atomic mass is 10.1. The number of halogens is 1. The minimum absolute atomic E-state index is 0.602. The van der Waals surface area contributed by atoms with Crippen LogP contribution in [0, 0.1) is 5.92 Å². The molecule has 1 rings (SSSR count). The molecule has 0 aliphatic rings. The Kier molecular flexibility index (Phi) is 6.09. The number of anilines is 1. The summed E-state index contributed by atoms with van der Waals surface area (Å²) in [6.45, 7) is 8.49. The highest BCUT2D eigenvalue weighted by Crippen LogP contribution is 2.25. The average molecular weight is 326 g/mol. The lowest BCUT2D eigenvalue weighted by Gasteiger charge is -2.25. The van der Waals surface area contributed by atoms with Crippen LogP contribution in [0.2, 0.25) is 0 Å². The van der Waals surface area contributed by atoms with Crippen LogP contribution in [0.15, 0.2) is 28.7 Å². The molecule has 0 aliphatic heterocycles. The standard InChI is InChI=1S/C15H20BrNO2/c1-4-17(10-11(2)3)13-7-5-12(14(16)9-13)6-8-15(18)19/h5-9,11H,4,10H2,1-3H3,(H,18,19)/b8-6+. The van der Waals surface area contributed by atoms with Crippen molar-refractivity contribution < 1.29 is 9.90 Å². The highest BCUT2D eigenvalue weighted by Gasteiger charge is 2.08. The Balaban J connectivity index is 2.94. The molecule has 0 saturated heterocycles. The molecular formula is C15H20BrNO2. The van der Waals surface area contributed by atoms with Gasteiger partial charge in [-0.3, -0.25) is 0 Å². The van der Waals surface area contributed by atoms with Gasteiger partial charge in [-0.2, -0.15) is 0 Å². The van der Waals surface area contributed by atoms with Crippen LogP contribution in [-0.4, -0.2) is 24.2 Å². The molecule has 4 heteroatoms. The van der Waals surface area contributed by atoms with Crippen molar-refractivity contribution in [1.29, 1.82) is 0 Å². The average Bonchev–Trinajstić information content (AvgIpc) is 2.34. The quantitative estimate of drug-likeness (QED) is 0.803. The van der Waals surface area contributed by atoms with Gasteiger partial charge in [0.05, 0.1) is 0 Å². The number of hydrogen-bond acceptors (Lipinski definition) is 2. The van der Waals surface area contributed by atoms with Crippen molar-refractivity contribution in [3.8, 4) is 0 Å². The molecule has 0 atom stereocenters. The summed E-state index contributed by atoms with van der Waals surface area (Å²) in [6.07, 6.45) is 2.74. The van der Waals surface area contributed by atoms with E-state index in [0.717, 1.165) is 34.9 Å². The first kappa shape index (κ1) is 15.8. The summed E-state index contributed by atoms with van der Waals surface area (Å²) in [4.78, 5) is 12.8. The van der Waals surface area contributed by atoms with Crippen molar-refractivity contribution >= 4 is 33.7 Å². The molecule has 0 unspecified atom stereocenters. The number of rotatable bonds is 6. The smallest absolute Gasteiger partial charge is 0.328 e. The van der Waals surface area contributed by atoms with Gasteiger partial charge in [0.25, 0.3) is 0 Å². The van der Waals surface area contributed by atoms with Gasteiger partial charge in [0.1, 0.15) is 0 Å². The lowest BCUT2D eigenvalue weighted by molar-refractivity contribution is -0.131. The third kappa shape index (κ3) is 5.07. The zero-order chi connectivity index (χ0) is 14.4. The van der Waals surface area contributed by atoms with Crippen LogP contribution in [0.5, 0.6) is 0 Å². The molecule has 0 amide bonds. The van der Waals surface area contributed by atoms with E-state index in [9.17, 15) is 4.79 Å². The van der Waals surface area contributed by atoms with Crippen molar-refractivity contribution in [2.45, 2.75) is 20.8 Å². The molecule has 1 aromatic rings. The van der Waals surface area contributed by atoms with Crippen LogP contribution >= 0.6 is 15.9 Å². The molecular weight excluding hydrogens is 306 g/mol. The van der Waals surface area contributed by atoms with Crippen LogP contribution in [-0.2, 0) is 4.79 Å². The minimum atomic E-state index is -0.939. The molecule has 0 spiro atoms. The van der Waals surface area contributed by atoms with E-state index >= 15 is 0 Å². The van der Waals surface area contributed by atoms with E-state index in [1.807, 2.05) is 18.2 Å². The van der Waals surface area contributed by atoms with Crippen LogP contribution < -0.4 is 4.90 Å². The number of carboxylic acids is 1. The Morgan fingerprint density at radius 3 is 2.63 bits per heavy atom. The largest absolute Gasteiger partial charge is 0.478 e. The van der Waals surface area contributed by atoms with Crippen molar-refractivity contribution in [2.24, 2.45) is 5.92 Å². The normalized spacial score (nSPS) is 11.2. The molecule has 104 valence electrons. The second-order valence-corrected chi connectivity index (χ2v) is 5.66. The first-order valence-corrected chi connectivity index (χ1v) is 7.18. The predicted octanol–water partition coefficient (Wildman–Crippen LogP) is 4.03. The predicted molar refractivity (Wildman–Crippen MR) is 83.5 cm³/mol. The van der Waals surface area contributed by atoms with Gasteiger partial charge in [-0.15, -0.1) is 0 Å². The zero-order valence-corrected chi connectivity index (χ0v) is 13.1. The van der Waals surface area contributed by atoms with Gasteiger partial charge in [-0.1, -0.05) is 35.8 Å².